The Balaban J connectivity index is 1.86. The molecule has 0 unspecified atom stereocenters. The average Bonchev–Trinajstić information content (AvgIpc) is 2.45. The number of ether oxygens (including phenoxy) is 1. The quantitative estimate of drug-likeness (QED) is 0.846. The summed E-state index contributed by atoms with van der Waals surface area (Å²) in [7, 11) is 1.56. The Morgan fingerprint density at radius 3 is 3.00 bits per heavy atom. The van der Waals surface area contributed by atoms with Gasteiger partial charge in [0.2, 0.25) is 5.88 Å². The van der Waals surface area contributed by atoms with E-state index in [0.717, 1.165) is 5.56 Å². The van der Waals surface area contributed by atoms with Crippen molar-refractivity contribution in [2.45, 2.75) is 25.5 Å². The van der Waals surface area contributed by atoms with Crippen molar-refractivity contribution in [3.05, 3.63) is 23.9 Å². The molecule has 104 valence electrons. The number of nitrogens with one attached hydrogen (secondary N) is 1. The summed E-state index contributed by atoms with van der Waals surface area (Å²) in [5.41, 5.74) is 0.843. The molecule has 2 rings (SSSR count). The first-order valence-electron chi connectivity index (χ1n) is 6.39. The number of rotatable bonds is 3. The number of hydrogen-bond donors (Lipinski definition) is 2. The van der Waals surface area contributed by atoms with E-state index in [1.165, 1.54) is 0 Å². The number of carbonyl (C=O) groups is 1. The average molecular weight is 265 g/mol. The molecule has 2 heterocycles. The number of aliphatic hydroxyl groups is 1. The van der Waals surface area contributed by atoms with E-state index in [1.807, 2.05) is 6.07 Å². The van der Waals surface area contributed by atoms with Gasteiger partial charge in [0.05, 0.1) is 13.2 Å². The van der Waals surface area contributed by atoms with Gasteiger partial charge in [0.15, 0.2) is 0 Å². The normalized spacial score (nSPS) is 16.2. The molecule has 1 saturated heterocycles. The van der Waals surface area contributed by atoms with Crippen molar-refractivity contribution >= 4 is 6.03 Å². The Hall–Kier alpha value is -1.82. The summed E-state index contributed by atoms with van der Waals surface area (Å²) in [6.07, 6.45) is 2.66. The Morgan fingerprint density at radius 1 is 1.58 bits per heavy atom. The van der Waals surface area contributed by atoms with Crippen LogP contribution in [-0.4, -0.2) is 47.3 Å². The van der Waals surface area contributed by atoms with Gasteiger partial charge in [-0.3, -0.25) is 0 Å². The smallest absolute Gasteiger partial charge is 0.317 e. The Bertz CT molecular complexity index is 431. The van der Waals surface area contributed by atoms with Crippen molar-refractivity contribution in [1.82, 2.24) is 15.2 Å². The number of nitrogens with zero attached hydrogens (tertiary/aromatic N) is 2. The van der Waals surface area contributed by atoms with E-state index < -0.39 is 0 Å². The van der Waals surface area contributed by atoms with Crippen LogP contribution in [0.3, 0.4) is 0 Å². The van der Waals surface area contributed by atoms with E-state index in [2.05, 4.69) is 10.3 Å². The van der Waals surface area contributed by atoms with E-state index in [-0.39, 0.29) is 12.1 Å². The van der Waals surface area contributed by atoms with Crippen LogP contribution in [0.4, 0.5) is 4.79 Å². The number of carbonyl (C=O) groups excluding carboxylic acids is 1. The van der Waals surface area contributed by atoms with Gasteiger partial charge in [-0.25, -0.2) is 9.78 Å². The lowest BCUT2D eigenvalue weighted by molar-refractivity contribution is 0.0936. The van der Waals surface area contributed by atoms with E-state index in [4.69, 9.17) is 4.74 Å². The van der Waals surface area contributed by atoms with Crippen LogP contribution in [0.1, 0.15) is 18.4 Å². The Labute approximate surface area is 112 Å². The highest BCUT2D eigenvalue weighted by molar-refractivity contribution is 5.74. The van der Waals surface area contributed by atoms with Crippen LogP contribution in [0.5, 0.6) is 5.88 Å². The highest BCUT2D eigenvalue weighted by Crippen LogP contribution is 2.14. The number of urea groups is 1. The van der Waals surface area contributed by atoms with Crippen molar-refractivity contribution in [2.75, 3.05) is 20.2 Å². The van der Waals surface area contributed by atoms with Crippen molar-refractivity contribution in [3.63, 3.8) is 0 Å². The molecule has 0 atom stereocenters. The van der Waals surface area contributed by atoms with Gasteiger partial charge in [0.25, 0.3) is 0 Å². The molecule has 19 heavy (non-hydrogen) atoms. The third-order valence-electron chi connectivity index (χ3n) is 3.23. The van der Waals surface area contributed by atoms with Gasteiger partial charge in [0, 0.05) is 31.4 Å². The van der Waals surface area contributed by atoms with Crippen LogP contribution in [0, 0.1) is 0 Å². The van der Waals surface area contributed by atoms with Gasteiger partial charge < -0.3 is 20.1 Å². The minimum atomic E-state index is -0.275. The summed E-state index contributed by atoms with van der Waals surface area (Å²) in [5.74, 6) is 0.525. The van der Waals surface area contributed by atoms with Crippen LogP contribution >= 0.6 is 0 Å². The van der Waals surface area contributed by atoms with Gasteiger partial charge >= 0.3 is 6.03 Å². The first kappa shape index (κ1) is 13.6. The minimum absolute atomic E-state index is 0.113. The highest BCUT2D eigenvalue weighted by atomic mass is 16.5. The van der Waals surface area contributed by atoms with Crippen molar-refractivity contribution < 1.29 is 14.6 Å². The number of amides is 2. The van der Waals surface area contributed by atoms with Gasteiger partial charge in [-0.05, 0) is 18.9 Å². The van der Waals surface area contributed by atoms with E-state index in [0.29, 0.717) is 38.4 Å². The second kappa shape index (κ2) is 6.38. The van der Waals surface area contributed by atoms with Gasteiger partial charge in [0.1, 0.15) is 0 Å². The molecule has 2 N–H and O–H groups in total. The molecule has 0 bridgehead atoms. The number of aliphatic hydroxyl groups excluding tert-OH is 1. The molecule has 0 saturated carbocycles. The van der Waals surface area contributed by atoms with Crippen LogP contribution in [0.15, 0.2) is 18.3 Å². The molecule has 0 radical (unpaired) electrons. The molecule has 1 aromatic rings. The molecule has 1 fully saturated rings. The molecule has 0 aromatic carbocycles. The summed E-state index contributed by atoms with van der Waals surface area (Å²) < 4.78 is 5.13. The van der Waals surface area contributed by atoms with Crippen molar-refractivity contribution in [2.24, 2.45) is 0 Å². The van der Waals surface area contributed by atoms with E-state index >= 15 is 0 Å². The topological polar surface area (TPSA) is 74.7 Å². The van der Waals surface area contributed by atoms with Crippen LogP contribution in [0.25, 0.3) is 0 Å². The predicted molar refractivity (Wildman–Crippen MR) is 69.8 cm³/mol. The minimum Gasteiger partial charge on any atom is -0.481 e. The third kappa shape index (κ3) is 3.57. The first-order valence-corrected chi connectivity index (χ1v) is 6.39. The molecule has 1 aliphatic heterocycles. The fourth-order valence-corrected chi connectivity index (χ4v) is 2.09. The molecule has 2 amide bonds. The molecule has 1 aliphatic rings. The SMILES string of the molecule is COc1ncccc1CNC(=O)N1CCC(O)CC1. The summed E-state index contributed by atoms with van der Waals surface area (Å²) >= 11 is 0. The number of pyridine rings is 1. The number of hydrogen-bond acceptors (Lipinski definition) is 4. The van der Waals surface area contributed by atoms with Crippen molar-refractivity contribution in [1.29, 1.82) is 0 Å². The second-order valence-electron chi connectivity index (χ2n) is 4.55. The third-order valence-corrected chi connectivity index (χ3v) is 3.23. The Morgan fingerprint density at radius 2 is 2.32 bits per heavy atom. The molecule has 1 aromatic heterocycles. The zero-order valence-corrected chi connectivity index (χ0v) is 11.0. The summed E-state index contributed by atoms with van der Waals surface area (Å²) in [6, 6.07) is 3.56. The highest BCUT2D eigenvalue weighted by Gasteiger charge is 2.21. The maximum atomic E-state index is 11.9. The zero-order chi connectivity index (χ0) is 13.7. The van der Waals surface area contributed by atoms with Crippen LogP contribution in [0.2, 0.25) is 0 Å². The number of likely N-dealkylation sites (tertiary alicyclic amines) is 1. The van der Waals surface area contributed by atoms with Crippen LogP contribution < -0.4 is 10.1 Å². The largest absolute Gasteiger partial charge is 0.481 e. The second-order valence-corrected chi connectivity index (χ2v) is 4.55. The summed E-state index contributed by atoms with van der Waals surface area (Å²) in [4.78, 5) is 17.7. The summed E-state index contributed by atoms with van der Waals surface area (Å²) in [5, 5.41) is 12.2. The molecule has 6 heteroatoms. The van der Waals surface area contributed by atoms with Gasteiger partial charge in [-0.15, -0.1) is 0 Å². The maximum Gasteiger partial charge on any atom is 0.317 e. The predicted octanol–water partition coefficient (Wildman–Crippen LogP) is 0.756. The molecule has 6 nitrogen and oxygen atoms in total. The lowest BCUT2D eigenvalue weighted by Gasteiger charge is -2.29. The standard InChI is InChI=1S/C13H19N3O3/c1-19-12-10(3-2-6-14-12)9-15-13(18)16-7-4-11(17)5-8-16/h2-3,6,11,17H,4-5,7-9H2,1H3,(H,15,18). The fraction of sp³-hybridized carbons (Fsp3) is 0.538. The monoisotopic (exact) mass is 265 g/mol. The van der Waals surface area contributed by atoms with Gasteiger partial charge in [-0.2, -0.15) is 0 Å². The summed E-state index contributed by atoms with van der Waals surface area (Å²) in [6.45, 7) is 1.57. The molecular formula is C13H19N3O3. The van der Waals surface area contributed by atoms with Crippen LogP contribution in [-0.2, 0) is 6.54 Å². The van der Waals surface area contributed by atoms with Gasteiger partial charge in [-0.1, -0.05) is 6.07 Å². The zero-order valence-electron chi connectivity index (χ0n) is 11.0. The number of piperidine rings is 1. The molecular weight excluding hydrogens is 246 g/mol. The fourth-order valence-electron chi connectivity index (χ4n) is 2.09. The Kier molecular flexibility index (Phi) is 4.57. The first-order chi connectivity index (χ1) is 9.20. The van der Waals surface area contributed by atoms with Crippen molar-refractivity contribution in [3.8, 4) is 5.88 Å². The maximum absolute atomic E-state index is 11.9. The number of methoxy groups -OCH3 is 1. The number of aromatic nitrogens is 1. The van der Waals surface area contributed by atoms with E-state index in [1.54, 1.807) is 24.3 Å². The molecule has 0 aliphatic carbocycles. The lowest BCUT2D eigenvalue weighted by atomic mass is 10.1. The van der Waals surface area contributed by atoms with E-state index in [9.17, 15) is 9.90 Å². The molecule has 0 spiro atoms. The lowest BCUT2D eigenvalue weighted by Crippen LogP contribution is -2.45.